The number of pyridine rings is 1. The van der Waals surface area contributed by atoms with Gasteiger partial charge in [0.25, 0.3) is 0 Å². The molecule has 0 aliphatic carbocycles. The van der Waals surface area contributed by atoms with Crippen molar-refractivity contribution in [2.24, 2.45) is 17.6 Å². The molecule has 0 spiro atoms. The number of hydrogen-bond donors (Lipinski definition) is 2. The van der Waals surface area contributed by atoms with Crippen molar-refractivity contribution in [1.29, 1.82) is 0 Å². The van der Waals surface area contributed by atoms with Crippen LogP contribution in [0, 0.1) is 18.8 Å². The number of anilines is 1. The number of amides is 1. The quantitative estimate of drug-likeness (QED) is 0.779. The Hall–Kier alpha value is -1.62. The maximum absolute atomic E-state index is 11.3. The van der Waals surface area contributed by atoms with Gasteiger partial charge in [0.2, 0.25) is 5.91 Å². The summed E-state index contributed by atoms with van der Waals surface area (Å²) in [4.78, 5) is 18.1. The number of nitrogens with zero attached hydrogens (tertiary/aromatic N) is 2. The van der Waals surface area contributed by atoms with E-state index >= 15 is 0 Å². The summed E-state index contributed by atoms with van der Waals surface area (Å²) < 4.78 is 0. The van der Waals surface area contributed by atoms with E-state index in [0.29, 0.717) is 17.4 Å². The molecule has 5 heteroatoms. The van der Waals surface area contributed by atoms with Crippen molar-refractivity contribution in [3.8, 4) is 0 Å². The van der Waals surface area contributed by atoms with E-state index in [2.05, 4.69) is 15.2 Å². The molecule has 2 aliphatic heterocycles. The lowest BCUT2D eigenvalue weighted by atomic mass is 10.0. The molecule has 1 aromatic rings. The summed E-state index contributed by atoms with van der Waals surface area (Å²) in [5.41, 5.74) is 6.74. The third-order valence-corrected chi connectivity index (χ3v) is 3.94. The molecular formula is C13H18N4O. The summed E-state index contributed by atoms with van der Waals surface area (Å²) in [6, 6.07) is 3.55. The fourth-order valence-corrected chi connectivity index (χ4v) is 3.00. The van der Waals surface area contributed by atoms with E-state index in [4.69, 9.17) is 5.73 Å². The number of hydrogen-bond acceptors (Lipinski definition) is 4. The van der Waals surface area contributed by atoms with Gasteiger partial charge in [0.1, 0.15) is 5.82 Å². The van der Waals surface area contributed by atoms with Crippen molar-refractivity contribution in [2.45, 2.75) is 6.92 Å². The molecule has 2 aliphatic rings. The van der Waals surface area contributed by atoms with Crippen molar-refractivity contribution in [3.63, 3.8) is 0 Å². The molecule has 2 fully saturated rings. The van der Waals surface area contributed by atoms with Crippen molar-refractivity contribution in [2.75, 3.05) is 31.1 Å². The van der Waals surface area contributed by atoms with E-state index in [9.17, 15) is 4.79 Å². The molecule has 0 bridgehead atoms. The highest BCUT2D eigenvalue weighted by Crippen LogP contribution is 2.29. The van der Waals surface area contributed by atoms with Gasteiger partial charge in [-0.2, -0.15) is 0 Å². The third-order valence-electron chi connectivity index (χ3n) is 3.94. The molecule has 0 unspecified atom stereocenters. The first-order valence-electron chi connectivity index (χ1n) is 6.37. The van der Waals surface area contributed by atoms with Gasteiger partial charge in [-0.25, -0.2) is 4.98 Å². The number of aryl methyl sites for hydroxylation is 1. The van der Waals surface area contributed by atoms with Gasteiger partial charge < -0.3 is 16.0 Å². The van der Waals surface area contributed by atoms with Crippen LogP contribution in [0.2, 0.25) is 0 Å². The third kappa shape index (κ3) is 1.95. The molecule has 5 nitrogen and oxygen atoms in total. The SMILES string of the molecule is Cc1cc(C(N)=O)cc(N2C[C@H]3CNC[C@H]3C2)n1. The van der Waals surface area contributed by atoms with Crippen LogP contribution in [0.4, 0.5) is 5.82 Å². The molecule has 1 amide bonds. The first-order valence-corrected chi connectivity index (χ1v) is 6.37. The van der Waals surface area contributed by atoms with Crippen LogP contribution in [0.15, 0.2) is 12.1 Å². The standard InChI is InChI=1S/C13H18N4O/c1-8-2-9(13(14)18)3-12(16-8)17-6-10-4-15-5-11(10)7-17/h2-3,10-11,15H,4-7H2,1H3,(H2,14,18)/t10-,11+. The van der Waals surface area contributed by atoms with Crippen LogP contribution in [-0.4, -0.2) is 37.1 Å². The molecule has 0 radical (unpaired) electrons. The number of fused-ring (bicyclic) bond motifs is 1. The Balaban J connectivity index is 1.86. The first-order chi connectivity index (χ1) is 8.63. The number of carbonyl (C=O) groups excluding carboxylic acids is 1. The Morgan fingerprint density at radius 3 is 2.67 bits per heavy atom. The highest BCUT2D eigenvalue weighted by Gasteiger charge is 2.36. The second-order valence-corrected chi connectivity index (χ2v) is 5.30. The molecule has 0 aromatic carbocycles. The van der Waals surface area contributed by atoms with Gasteiger partial charge >= 0.3 is 0 Å². The van der Waals surface area contributed by atoms with Gasteiger partial charge in [-0.1, -0.05) is 0 Å². The topological polar surface area (TPSA) is 71.2 Å². The molecule has 2 saturated heterocycles. The lowest BCUT2D eigenvalue weighted by Gasteiger charge is -2.19. The van der Waals surface area contributed by atoms with Gasteiger partial charge in [-0.05, 0) is 30.9 Å². The van der Waals surface area contributed by atoms with E-state index in [-0.39, 0.29) is 5.91 Å². The number of nitrogens with two attached hydrogens (primary N) is 1. The zero-order chi connectivity index (χ0) is 12.7. The fourth-order valence-electron chi connectivity index (χ4n) is 3.00. The zero-order valence-corrected chi connectivity index (χ0v) is 10.5. The molecule has 3 heterocycles. The summed E-state index contributed by atoms with van der Waals surface area (Å²) in [6.07, 6.45) is 0. The number of aromatic nitrogens is 1. The largest absolute Gasteiger partial charge is 0.366 e. The summed E-state index contributed by atoms with van der Waals surface area (Å²) in [6.45, 7) is 6.12. The van der Waals surface area contributed by atoms with Crippen LogP contribution >= 0.6 is 0 Å². The van der Waals surface area contributed by atoms with Crippen LogP contribution in [0.3, 0.4) is 0 Å². The average Bonchev–Trinajstić information content (AvgIpc) is 2.87. The van der Waals surface area contributed by atoms with Gasteiger partial charge in [-0.3, -0.25) is 4.79 Å². The van der Waals surface area contributed by atoms with Crippen LogP contribution in [0.1, 0.15) is 16.1 Å². The minimum absolute atomic E-state index is 0.386. The summed E-state index contributed by atoms with van der Waals surface area (Å²) >= 11 is 0. The number of carbonyl (C=O) groups is 1. The summed E-state index contributed by atoms with van der Waals surface area (Å²) in [5.74, 6) is 1.93. The maximum Gasteiger partial charge on any atom is 0.248 e. The zero-order valence-electron chi connectivity index (χ0n) is 10.5. The van der Waals surface area contributed by atoms with Gasteiger partial charge in [0.15, 0.2) is 0 Å². The monoisotopic (exact) mass is 246 g/mol. The van der Waals surface area contributed by atoms with E-state index in [1.54, 1.807) is 6.07 Å². The van der Waals surface area contributed by atoms with E-state index in [0.717, 1.165) is 37.7 Å². The first kappa shape index (κ1) is 11.5. The molecule has 18 heavy (non-hydrogen) atoms. The normalized spacial score (nSPS) is 26.4. The molecule has 3 rings (SSSR count). The van der Waals surface area contributed by atoms with Gasteiger partial charge in [0, 0.05) is 37.4 Å². The van der Waals surface area contributed by atoms with E-state index in [1.807, 2.05) is 13.0 Å². The molecule has 96 valence electrons. The number of primary amides is 1. The van der Waals surface area contributed by atoms with Gasteiger partial charge in [-0.15, -0.1) is 0 Å². The van der Waals surface area contributed by atoms with Crippen molar-refractivity contribution < 1.29 is 4.79 Å². The van der Waals surface area contributed by atoms with Crippen molar-refractivity contribution in [1.82, 2.24) is 10.3 Å². The summed E-state index contributed by atoms with van der Waals surface area (Å²) in [5, 5.41) is 3.42. The fraction of sp³-hybridized carbons (Fsp3) is 0.538. The van der Waals surface area contributed by atoms with E-state index in [1.165, 1.54) is 0 Å². The Labute approximate surface area is 106 Å². The van der Waals surface area contributed by atoms with Gasteiger partial charge in [0.05, 0.1) is 0 Å². The number of rotatable bonds is 2. The smallest absolute Gasteiger partial charge is 0.248 e. The molecule has 3 N–H and O–H groups in total. The van der Waals surface area contributed by atoms with Crippen LogP contribution < -0.4 is 16.0 Å². The van der Waals surface area contributed by atoms with Crippen LogP contribution in [-0.2, 0) is 0 Å². The lowest BCUT2D eigenvalue weighted by Crippen LogP contribution is -2.26. The predicted molar refractivity (Wildman–Crippen MR) is 69.6 cm³/mol. The van der Waals surface area contributed by atoms with Crippen molar-refractivity contribution >= 4 is 11.7 Å². The maximum atomic E-state index is 11.3. The minimum atomic E-state index is -0.386. The Kier molecular flexibility index (Phi) is 2.70. The number of nitrogens with one attached hydrogen (secondary N) is 1. The van der Waals surface area contributed by atoms with Crippen LogP contribution in [0.25, 0.3) is 0 Å². The highest BCUT2D eigenvalue weighted by molar-refractivity contribution is 5.93. The predicted octanol–water partition coefficient (Wildman–Crippen LogP) is 0.145. The second-order valence-electron chi connectivity index (χ2n) is 5.30. The Bertz CT molecular complexity index is 476. The Morgan fingerprint density at radius 1 is 1.39 bits per heavy atom. The Morgan fingerprint density at radius 2 is 2.06 bits per heavy atom. The molecule has 0 saturated carbocycles. The lowest BCUT2D eigenvalue weighted by molar-refractivity contribution is 0.1000. The van der Waals surface area contributed by atoms with Crippen LogP contribution in [0.5, 0.6) is 0 Å². The summed E-state index contributed by atoms with van der Waals surface area (Å²) in [7, 11) is 0. The van der Waals surface area contributed by atoms with Crippen molar-refractivity contribution in [3.05, 3.63) is 23.4 Å². The molecule has 2 atom stereocenters. The molecule has 1 aromatic heterocycles. The highest BCUT2D eigenvalue weighted by atomic mass is 16.1. The second kappa shape index (κ2) is 4.24. The van der Waals surface area contributed by atoms with E-state index < -0.39 is 0 Å². The molecular weight excluding hydrogens is 228 g/mol. The minimum Gasteiger partial charge on any atom is -0.366 e. The average molecular weight is 246 g/mol.